The number of nitrogens with zero attached hydrogens (tertiary/aromatic N) is 1. The van der Waals surface area contributed by atoms with Crippen LogP contribution in [0.15, 0.2) is 36.4 Å². The summed E-state index contributed by atoms with van der Waals surface area (Å²) < 4.78 is 37.9. The average molecular weight is 292 g/mol. The van der Waals surface area contributed by atoms with Crippen molar-refractivity contribution in [2.24, 2.45) is 0 Å². The third-order valence-electron chi connectivity index (χ3n) is 3.66. The minimum atomic E-state index is -4.30. The Bertz CT molecular complexity index is 650. The first-order chi connectivity index (χ1) is 10.0. The Morgan fingerprint density at radius 1 is 1.10 bits per heavy atom. The minimum absolute atomic E-state index is 0.329. The highest BCUT2D eigenvalue weighted by molar-refractivity contribution is 5.41. The second-order valence-electron chi connectivity index (χ2n) is 5.21. The molecule has 1 aromatic heterocycles. The molecule has 0 amide bonds. The van der Waals surface area contributed by atoms with Crippen LogP contribution in [-0.4, -0.2) is 4.98 Å². The molecule has 0 radical (unpaired) electrons. The highest BCUT2D eigenvalue weighted by atomic mass is 19.4. The molecule has 2 nitrogen and oxygen atoms in total. The summed E-state index contributed by atoms with van der Waals surface area (Å²) in [6, 6.07) is 9.28. The number of pyridine rings is 1. The van der Waals surface area contributed by atoms with Gasteiger partial charge in [-0.3, -0.25) is 0 Å². The standard InChI is InChI=1S/C16H15F3N2/c17-16(18,19)13-5-1-3-11(9-13)10-20-15-8-7-12-4-2-6-14(12)21-15/h1,3,5,7-9H,2,4,6,10H2,(H,20,21). The zero-order valence-electron chi connectivity index (χ0n) is 11.4. The van der Waals surface area contributed by atoms with Crippen molar-refractivity contribution < 1.29 is 13.2 Å². The lowest BCUT2D eigenvalue weighted by molar-refractivity contribution is -0.137. The first-order valence-corrected chi connectivity index (χ1v) is 6.91. The number of halogens is 3. The SMILES string of the molecule is FC(F)(F)c1cccc(CNc2ccc3c(n2)CCC3)c1. The molecule has 0 fully saturated rings. The highest BCUT2D eigenvalue weighted by Gasteiger charge is 2.30. The molecule has 0 spiro atoms. The van der Waals surface area contributed by atoms with Crippen LogP contribution in [0.1, 0.15) is 28.8 Å². The first-order valence-electron chi connectivity index (χ1n) is 6.91. The zero-order chi connectivity index (χ0) is 14.9. The number of hydrogen-bond acceptors (Lipinski definition) is 2. The van der Waals surface area contributed by atoms with E-state index < -0.39 is 11.7 Å². The van der Waals surface area contributed by atoms with Gasteiger partial charge < -0.3 is 5.32 Å². The Balaban J connectivity index is 1.70. The summed E-state index contributed by atoms with van der Waals surface area (Å²) in [6.07, 6.45) is -1.13. The summed E-state index contributed by atoms with van der Waals surface area (Å²) in [7, 11) is 0. The van der Waals surface area contributed by atoms with E-state index in [-0.39, 0.29) is 0 Å². The summed E-state index contributed by atoms with van der Waals surface area (Å²) in [4.78, 5) is 4.51. The average Bonchev–Trinajstić information content (AvgIpc) is 2.92. The second-order valence-corrected chi connectivity index (χ2v) is 5.21. The Morgan fingerprint density at radius 3 is 2.76 bits per heavy atom. The van der Waals surface area contributed by atoms with Gasteiger partial charge in [0.15, 0.2) is 0 Å². The molecule has 1 heterocycles. The molecule has 21 heavy (non-hydrogen) atoms. The lowest BCUT2D eigenvalue weighted by Crippen LogP contribution is -2.07. The fourth-order valence-electron chi connectivity index (χ4n) is 2.57. The summed E-state index contributed by atoms with van der Waals surface area (Å²) in [5.41, 5.74) is 2.35. The molecule has 110 valence electrons. The van der Waals surface area contributed by atoms with Crippen molar-refractivity contribution in [1.82, 2.24) is 4.98 Å². The van der Waals surface area contributed by atoms with Gasteiger partial charge >= 0.3 is 6.18 Å². The van der Waals surface area contributed by atoms with Gasteiger partial charge in [0, 0.05) is 12.2 Å². The largest absolute Gasteiger partial charge is 0.416 e. The third-order valence-corrected chi connectivity index (χ3v) is 3.66. The number of fused-ring (bicyclic) bond motifs is 1. The van der Waals surface area contributed by atoms with Crippen LogP contribution in [0, 0.1) is 0 Å². The first kappa shape index (κ1) is 13.9. The minimum Gasteiger partial charge on any atom is -0.366 e. The quantitative estimate of drug-likeness (QED) is 0.917. The summed E-state index contributed by atoms with van der Waals surface area (Å²) in [5.74, 6) is 0.716. The lowest BCUT2D eigenvalue weighted by atomic mass is 10.1. The number of benzene rings is 1. The molecule has 1 aliphatic rings. The molecule has 3 rings (SSSR count). The van der Waals surface area contributed by atoms with Crippen LogP contribution < -0.4 is 5.32 Å². The molecule has 1 N–H and O–H groups in total. The van der Waals surface area contributed by atoms with Crippen molar-refractivity contribution in [1.29, 1.82) is 0 Å². The lowest BCUT2D eigenvalue weighted by Gasteiger charge is -2.10. The number of rotatable bonds is 3. The summed E-state index contributed by atoms with van der Waals surface area (Å²) >= 11 is 0. The maximum Gasteiger partial charge on any atom is 0.416 e. The number of aromatic nitrogens is 1. The van der Waals surface area contributed by atoms with Crippen LogP contribution in [0.4, 0.5) is 19.0 Å². The maximum atomic E-state index is 12.6. The Hall–Kier alpha value is -2.04. The van der Waals surface area contributed by atoms with E-state index >= 15 is 0 Å². The van der Waals surface area contributed by atoms with Crippen molar-refractivity contribution in [3.8, 4) is 0 Å². The van der Waals surface area contributed by atoms with E-state index in [2.05, 4.69) is 10.3 Å². The van der Waals surface area contributed by atoms with Gasteiger partial charge in [-0.1, -0.05) is 18.2 Å². The second kappa shape index (κ2) is 5.39. The molecule has 0 saturated heterocycles. The normalized spacial score (nSPS) is 14.0. The molecule has 0 saturated carbocycles. The molecule has 0 bridgehead atoms. The summed E-state index contributed by atoms with van der Waals surface area (Å²) in [5, 5.41) is 3.09. The topological polar surface area (TPSA) is 24.9 Å². The van der Waals surface area contributed by atoms with E-state index in [1.165, 1.54) is 17.7 Å². The number of hydrogen-bond donors (Lipinski definition) is 1. The van der Waals surface area contributed by atoms with Gasteiger partial charge in [-0.05, 0) is 48.6 Å². The Morgan fingerprint density at radius 2 is 1.95 bits per heavy atom. The van der Waals surface area contributed by atoms with Crippen molar-refractivity contribution in [2.45, 2.75) is 32.0 Å². The van der Waals surface area contributed by atoms with Gasteiger partial charge in [0.25, 0.3) is 0 Å². The van der Waals surface area contributed by atoms with Crippen LogP contribution in [-0.2, 0) is 25.6 Å². The molecule has 5 heteroatoms. The monoisotopic (exact) mass is 292 g/mol. The fraction of sp³-hybridized carbons (Fsp3) is 0.312. The van der Waals surface area contributed by atoms with Gasteiger partial charge in [0.2, 0.25) is 0 Å². The van der Waals surface area contributed by atoms with E-state index in [1.54, 1.807) is 6.07 Å². The number of anilines is 1. The van der Waals surface area contributed by atoms with Gasteiger partial charge in [0.1, 0.15) is 5.82 Å². The van der Waals surface area contributed by atoms with Gasteiger partial charge in [-0.25, -0.2) is 4.98 Å². The zero-order valence-corrected chi connectivity index (χ0v) is 11.4. The molecule has 2 aromatic rings. The molecule has 0 unspecified atom stereocenters. The van der Waals surface area contributed by atoms with E-state index in [4.69, 9.17) is 0 Å². The summed E-state index contributed by atoms with van der Waals surface area (Å²) in [6.45, 7) is 0.329. The number of alkyl halides is 3. The van der Waals surface area contributed by atoms with Crippen LogP contribution >= 0.6 is 0 Å². The van der Waals surface area contributed by atoms with Crippen LogP contribution in [0.3, 0.4) is 0 Å². The van der Waals surface area contributed by atoms with Crippen molar-refractivity contribution in [2.75, 3.05) is 5.32 Å². The van der Waals surface area contributed by atoms with Crippen LogP contribution in [0.2, 0.25) is 0 Å². The van der Waals surface area contributed by atoms with E-state index in [0.29, 0.717) is 17.9 Å². The fourth-order valence-corrected chi connectivity index (χ4v) is 2.57. The highest BCUT2D eigenvalue weighted by Crippen LogP contribution is 2.29. The smallest absolute Gasteiger partial charge is 0.366 e. The van der Waals surface area contributed by atoms with Crippen LogP contribution in [0.25, 0.3) is 0 Å². The van der Waals surface area contributed by atoms with Crippen molar-refractivity contribution in [3.63, 3.8) is 0 Å². The van der Waals surface area contributed by atoms with Gasteiger partial charge in [-0.15, -0.1) is 0 Å². The molecular formula is C16H15F3N2. The van der Waals surface area contributed by atoms with Crippen molar-refractivity contribution in [3.05, 3.63) is 58.8 Å². The van der Waals surface area contributed by atoms with E-state index in [1.807, 2.05) is 12.1 Å². The Kier molecular flexibility index (Phi) is 3.57. The molecule has 1 aromatic carbocycles. The predicted molar refractivity (Wildman–Crippen MR) is 75.0 cm³/mol. The maximum absolute atomic E-state index is 12.6. The van der Waals surface area contributed by atoms with Gasteiger partial charge in [-0.2, -0.15) is 13.2 Å². The number of aryl methyl sites for hydroxylation is 2. The molecule has 0 aliphatic heterocycles. The van der Waals surface area contributed by atoms with Crippen LogP contribution in [0.5, 0.6) is 0 Å². The molecular weight excluding hydrogens is 277 g/mol. The van der Waals surface area contributed by atoms with E-state index in [9.17, 15) is 13.2 Å². The third kappa shape index (κ3) is 3.17. The molecule has 1 aliphatic carbocycles. The van der Waals surface area contributed by atoms with E-state index in [0.717, 1.165) is 31.0 Å². The Labute approximate surface area is 121 Å². The van der Waals surface area contributed by atoms with Crippen molar-refractivity contribution >= 4 is 5.82 Å². The predicted octanol–water partition coefficient (Wildman–Crippen LogP) is 4.20. The number of nitrogens with one attached hydrogen (secondary N) is 1. The molecule has 0 atom stereocenters. The van der Waals surface area contributed by atoms with Gasteiger partial charge in [0.05, 0.1) is 5.56 Å².